The molecule has 2 rings (SSSR count). The van der Waals surface area contributed by atoms with Gasteiger partial charge >= 0.3 is 0 Å². The Bertz CT molecular complexity index is 401. The van der Waals surface area contributed by atoms with E-state index in [0.29, 0.717) is 12.0 Å². The van der Waals surface area contributed by atoms with Gasteiger partial charge in [-0.15, -0.1) is 0 Å². The van der Waals surface area contributed by atoms with Crippen molar-refractivity contribution in [3.05, 3.63) is 12.2 Å². The molecule has 1 fully saturated rings. The number of aryl methyl sites for hydroxylation is 1. The number of hydrogen-bond acceptors (Lipinski definition) is 4. The van der Waals surface area contributed by atoms with E-state index in [1.807, 2.05) is 18.8 Å². The third-order valence-electron chi connectivity index (χ3n) is 4.65. The molecular formula is C16H30N4O. The largest absolute Gasteiger partial charge is 0.380 e. The van der Waals surface area contributed by atoms with Gasteiger partial charge in [0.2, 0.25) is 0 Å². The molecule has 0 amide bonds. The summed E-state index contributed by atoms with van der Waals surface area (Å²) in [4.78, 5) is 4.38. The first-order valence-corrected chi connectivity index (χ1v) is 8.35. The fourth-order valence-electron chi connectivity index (χ4n) is 3.48. The highest BCUT2D eigenvalue weighted by Crippen LogP contribution is 2.30. The number of rotatable bonds is 8. The minimum absolute atomic E-state index is 0.272. The Balaban J connectivity index is 2.06. The predicted molar refractivity (Wildman–Crippen MR) is 84.2 cm³/mol. The van der Waals surface area contributed by atoms with E-state index in [4.69, 9.17) is 4.74 Å². The lowest BCUT2D eigenvalue weighted by atomic mass is 9.81. The Morgan fingerprint density at radius 1 is 1.38 bits per heavy atom. The highest BCUT2D eigenvalue weighted by atomic mass is 16.5. The summed E-state index contributed by atoms with van der Waals surface area (Å²) in [6.45, 7) is 3.23. The molecule has 1 N–H and O–H groups in total. The molecule has 5 heteroatoms. The molecule has 2 atom stereocenters. The van der Waals surface area contributed by atoms with E-state index in [-0.39, 0.29) is 6.10 Å². The van der Waals surface area contributed by atoms with Crippen LogP contribution in [0.5, 0.6) is 0 Å². The fraction of sp³-hybridized carbons (Fsp3) is 0.875. The van der Waals surface area contributed by atoms with Gasteiger partial charge in [-0.3, -0.25) is 4.68 Å². The second-order valence-corrected chi connectivity index (χ2v) is 6.16. The maximum absolute atomic E-state index is 5.92. The van der Waals surface area contributed by atoms with Crippen LogP contribution >= 0.6 is 0 Å². The molecule has 0 aromatic carbocycles. The van der Waals surface area contributed by atoms with Crippen molar-refractivity contribution in [1.29, 1.82) is 0 Å². The molecule has 1 aliphatic rings. The van der Waals surface area contributed by atoms with E-state index in [9.17, 15) is 0 Å². The predicted octanol–water partition coefficient (Wildman–Crippen LogP) is 2.32. The first-order chi connectivity index (χ1) is 10.3. The van der Waals surface area contributed by atoms with E-state index in [2.05, 4.69) is 22.3 Å². The van der Waals surface area contributed by atoms with Gasteiger partial charge in [0, 0.05) is 26.6 Å². The first kappa shape index (κ1) is 16.4. The van der Waals surface area contributed by atoms with E-state index in [1.54, 1.807) is 6.33 Å². The van der Waals surface area contributed by atoms with Crippen LogP contribution in [-0.4, -0.2) is 40.6 Å². The van der Waals surface area contributed by atoms with Crippen LogP contribution in [0.2, 0.25) is 0 Å². The van der Waals surface area contributed by atoms with Gasteiger partial charge < -0.3 is 10.1 Å². The molecule has 5 nitrogen and oxygen atoms in total. The van der Waals surface area contributed by atoms with Gasteiger partial charge in [-0.25, -0.2) is 4.98 Å². The van der Waals surface area contributed by atoms with Crippen molar-refractivity contribution in [3.63, 3.8) is 0 Å². The lowest BCUT2D eigenvalue weighted by Crippen LogP contribution is -2.47. The average Bonchev–Trinajstić information content (AvgIpc) is 2.91. The van der Waals surface area contributed by atoms with Crippen LogP contribution in [0.4, 0.5) is 0 Å². The Labute approximate surface area is 128 Å². The molecule has 1 aliphatic carbocycles. The summed E-state index contributed by atoms with van der Waals surface area (Å²) in [5.41, 5.74) is 0. The third-order valence-corrected chi connectivity index (χ3v) is 4.65. The number of aromatic nitrogens is 3. The van der Waals surface area contributed by atoms with Crippen LogP contribution in [0.1, 0.15) is 51.3 Å². The molecule has 120 valence electrons. The zero-order valence-electron chi connectivity index (χ0n) is 13.7. The zero-order chi connectivity index (χ0) is 15.1. The minimum atomic E-state index is 0.272. The average molecular weight is 294 g/mol. The van der Waals surface area contributed by atoms with Crippen molar-refractivity contribution in [1.82, 2.24) is 20.1 Å². The maximum Gasteiger partial charge on any atom is 0.138 e. The van der Waals surface area contributed by atoms with Crippen LogP contribution in [-0.2, 0) is 18.2 Å². The van der Waals surface area contributed by atoms with E-state index in [1.165, 1.54) is 32.1 Å². The van der Waals surface area contributed by atoms with Crippen LogP contribution < -0.4 is 5.32 Å². The van der Waals surface area contributed by atoms with E-state index in [0.717, 1.165) is 25.2 Å². The Morgan fingerprint density at radius 2 is 2.14 bits per heavy atom. The summed E-state index contributed by atoms with van der Waals surface area (Å²) in [6.07, 6.45) is 10.6. The van der Waals surface area contributed by atoms with Crippen molar-refractivity contribution in [2.45, 2.75) is 64.0 Å². The van der Waals surface area contributed by atoms with Gasteiger partial charge in [-0.05, 0) is 31.7 Å². The number of methoxy groups -OCH3 is 1. The summed E-state index contributed by atoms with van der Waals surface area (Å²) < 4.78 is 7.79. The smallest absolute Gasteiger partial charge is 0.138 e. The second-order valence-electron chi connectivity index (χ2n) is 6.16. The van der Waals surface area contributed by atoms with Crippen LogP contribution in [0.15, 0.2) is 6.33 Å². The molecule has 0 bridgehead atoms. The Morgan fingerprint density at radius 3 is 2.71 bits per heavy atom. The van der Waals surface area contributed by atoms with Crippen molar-refractivity contribution in [2.75, 3.05) is 13.7 Å². The molecular weight excluding hydrogens is 264 g/mol. The lowest BCUT2D eigenvalue weighted by molar-refractivity contribution is 0.00769. The maximum atomic E-state index is 5.92. The van der Waals surface area contributed by atoms with Gasteiger partial charge in [0.1, 0.15) is 12.2 Å². The van der Waals surface area contributed by atoms with Gasteiger partial charge in [0.05, 0.1) is 6.10 Å². The van der Waals surface area contributed by atoms with E-state index >= 15 is 0 Å². The van der Waals surface area contributed by atoms with Crippen molar-refractivity contribution in [3.8, 4) is 0 Å². The Kier molecular flexibility index (Phi) is 6.64. The normalized spacial score (nSPS) is 19.6. The summed E-state index contributed by atoms with van der Waals surface area (Å²) in [6, 6.07) is 0.320. The monoisotopic (exact) mass is 294 g/mol. The van der Waals surface area contributed by atoms with Crippen LogP contribution in [0, 0.1) is 5.92 Å². The second kappa shape index (κ2) is 8.49. The number of hydrogen-bond donors (Lipinski definition) is 1. The molecule has 21 heavy (non-hydrogen) atoms. The summed E-state index contributed by atoms with van der Waals surface area (Å²) in [5, 5.41) is 7.86. The third kappa shape index (κ3) is 4.51. The van der Waals surface area contributed by atoms with Gasteiger partial charge in [0.15, 0.2) is 0 Å². The fourth-order valence-corrected chi connectivity index (χ4v) is 3.48. The van der Waals surface area contributed by atoms with Crippen LogP contribution in [0.3, 0.4) is 0 Å². The number of ether oxygens (including phenoxy) is 1. The highest BCUT2D eigenvalue weighted by molar-refractivity contribution is 4.94. The van der Waals surface area contributed by atoms with Gasteiger partial charge in [0.25, 0.3) is 0 Å². The summed E-state index contributed by atoms with van der Waals surface area (Å²) in [7, 11) is 3.82. The van der Waals surface area contributed by atoms with Crippen molar-refractivity contribution < 1.29 is 4.74 Å². The molecule has 0 saturated heterocycles. The molecule has 1 aromatic rings. The van der Waals surface area contributed by atoms with Gasteiger partial charge in [-0.1, -0.05) is 26.2 Å². The highest BCUT2D eigenvalue weighted by Gasteiger charge is 2.31. The summed E-state index contributed by atoms with van der Waals surface area (Å²) >= 11 is 0. The topological polar surface area (TPSA) is 52.0 Å². The zero-order valence-corrected chi connectivity index (χ0v) is 13.7. The number of nitrogens with zero attached hydrogens (tertiary/aromatic N) is 3. The van der Waals surface area contributed by atoms with E-state index < -0.39 is 0 Å². The molecule has 1 aromatic heterocycles. The molecule has 0 aliphatic heterocycles. The molecule has 0 spiro atoms. The van der Waals surface area contributed by atoms with Crippen molar-refractivity contribution >= 4 is 0 Å². The molecule has 2 unspecified atom stereocenters. The lowest BCUT2D eigenvalue weighted by Gasteiger charge is -2.35. The standard InChI is InChI=1S/C16H30N4O/c1-4-10-17-14(11-15-18-12-19-20(15)2)16(21-3)13-8-6-5-7-9-13/h12-14,16-17H,4-11H2,1-3H3. The number of nitrogens with one attached hydrogen (secondary N) is 1. The summed E-state index contributed by atoms with van der Waals surface area (Å²) in [5.74, 6) is 1.70. The van der Waals surface area contributed by atoms with Gasteiger partial charge in [-0.2, -0.15) is 5.10 Å². The quantitative estimate of drug-likeness (QED) is 0.799. The minimum Gasteiger partial charge on any atom is -0.380 e. The molecule has 1 heterocycles. The van der Waals surface area contributed by atoms with Crippen LogP contribution in [0.25, 0.3) is 0 Å². The molecule has 0 radical (unpaired) electrons. The first-order valence-electron chi connectivity index (χ1n) is 8.35. The molecule has 1 saturated carbocycles. The SMILES string of the molecule is CCCNC(Cc1ncnn1C)C(OC)C1CCCCC1. The van der Waals surface area contributed by atoms with Crippen molar-refractivity contribution in [2.24, 2.45) is 13.0 Å². The Hall–Kier alpha value is -0.940.